The van der Waals surface area contributed by atoms with Crippen LogP contribution in [0.3, 0.4) is 0 Å². The van der Waals surface area contributed by atoms with E-state index in [4.69, 9.17) is 0 Å². The summed E-state index contributed by atoms with van der Waals surface area (Å²) >= 11 is 1.43. The zero-order valence-corrected chi connectivity index (χ0v) is 16.8. The Bertz CT molecular complexity index is 827. The summed E-state index contributed by atoms with van der Waals surface area (Å²) in [4.78, 5) is 39.4. The van der Waals surface area contributed by atoms with E-state index in [0.717, 1.165) is 22.5 Å². The first-order chi connectivity index (χ1) is 13.6. The molecule has 6 nitrogen and oxygen atoms in total. The van der Waals surface area contributed by atoms with Gasteiger partial charge < -0.3 is 15.5 Å². The van der Waals surface area contributed by atoms with Crippen LogP contribution in [0.25, 0.3) is 0 Å². The average molecular weight is 400 g/mol. The zero-order chi connectivity index (χ0) is 19.9. The maximum Gasteiger partial charge on any atom is 0.263 e. The number of para-hydroxylation sites is 1. The van der Waals surface area contributed by atoms with Crippen LogP contribution in [0.4, 0.5) is 5.69 Å². The summed E-state index contributed by atoms with van der Waals surface area (Å²) in [7, 11) is 0. The SMILES string of the molecule is CCc1ccccc1NC(=O)CNC(=O)C1CCN(C(=O)c2cccs2)CC1. The van der Waals surface area contributed by atoms with Crippen LogP contribution in [0.15, 0.2) is 41.8 Å². The van der Waals surface area contributed by atoms with Crippen molar-refractivity contribution in [3.63, 3.8) is 0 Å². The molecule has 3 amide bonds. The number of nitrogens with one attached hydrogen (secondary N) is 2. The second-order valence-corrected chi connectivity index (χ2v) is 7.77. The normalized spacial score (nSPS) is 14.5. The topological polar surface area (TPSA) is 78.5 Å². The van der Waals surface area contributed by atoms with Crippen LogP contribution < -0.4 is 10.6 Å². The summed E-state index contributed by atoms with van der Waals surface area (Å²) in [5, 5.41) is 7.47. The molecular weight excluding hydrogens is 374 g/mol. The zero-order valence-electron chi connectivity index (χ0n) is 15.9. The van der Waals surface area contributed by atoms with Gasteiger partial charge in [-0.15, -0.1) is 11.3 Å². The third kappa shape index (κ3) is 4.98. The second kappa shape index (κ2) is 9.50. The molecular formula is C21H25N3O3S. The Kier molecular flexibility index (Phi) is 6.81. The molecule has 2 N–H and O–H groups in total. The molecule has 1 fully saturated rings. The van der Waals surface area contributed by atoms with Crippen molar-refractivity contribution >= 4 is 34.7 Å². The Labute approximate surface area is 168 Å². The summed E-state index contributed by atoms with van der Waals surface area (Å²) in [6.07, 6.45) is 2.05. The number of carbonyl (C=O) groups excluding carboxylic acids is 3. The van der Waals surface area contributed by atoms with Gasteiger partial charge >= 0.3 is 0 Å². The molecule has 1 saturated heterocycles. The van der Waals surface area contributed by atoms with Crippen LogP contribution in [-0.2, 0) is 16.0 Å². The minimum Gasteiger partial charge on any atom is -0.347 e. The molecule has 0 aliphatic carbocycles. The van der Waals surface area contributed by atoms with Crippen LogP contribution >= 0.6 is 11.3 Å². The number of aryl methyl sites for hydroxylation is 1. The number of rotatable bonds is 6. The lowest BCUT2D eigenvalue weighted by Gasteiger charge is -2.31. The van der Waals surface area contributed by atoms with Crippen molar-refractivity contribution in [3.05, 3.63) is 52.2 Å². The van der Waals surface area contributed by atoms with Gasteiger partial charge in [-0.1, -0.05) is 31.2 Å². The van der Waals surface area contributed by atoms with Crippen molar-refractivity contribution in [2.75, 3.05) is 25.0 Å². The molecule has 28 heavy (non-hydrogen) atoms. The number of nitrogens with zero attached hydrogens (tertiary/aromatic N) is 1. The van der Waals surface area contributed by atoms with Crippen molar-refractivity contribution in [3.8, 4) is 0 Å². The Hall–Kier alpha value is -2.67. The largest absolute Gasteiger partial charge is 0.347 e. The third-order valence-corrected chi connectivity index (χ3v) is 5.84. The standard InChI is InChI=1S/C21H25N3O3S/c1-2-15-6-3-4-7-17(15)23-19(25)14-22-20(26)16-9-11-24(12-10-16)21(27)18-8-5-13-28-18/h3-8,13,16H,2,9-12,14H2,1H3,(H,22,26)(H,23,25). The van der Waals surface area contributed by atoms with Gasteiger partial charge in [0.15, 0.2) is 0 Å². The highest BCUT2D eigenvalue weighted by molar-refractivity contribution is 7.12. The quantitative estimate of drug-likeness (QED) is 0.784. The van der Waals surface area contributed by atoms with Gasteiger partial charge in [0.25, 0.3) is 5.91 Å². The maximum absolute atomic E-state index is 12.4. The number of anilines is 1. The predicted octanol–water partition coefficient (Wildman–Crippen LogP) is 2.92. The van der Waals surface area contributed by atoms with Crippen LogP contribution in [-0.4, -0.2) is 42.3 Å². The first-order valence-corrected chi connectivity index (χ1v) is 10.4. The monoisotopic (exact) mass is 399 g/mol. The minimum absolute atomic E-state index is 0.0304. The summed E-state index contributed by atoms with van der Waals surface area (Å²) in [6.45, 7) is 3.10. The van der Waals surface area contributed by atoms with Crippen molar-refractivity contribution in [1.29, 1.82) is 0 Å². The highest BCUT2D eigenvalue weighted by Crippen LogP contribution is 2.21. The number of hydrogen-bond acceptors (Lipinski definition) is 4. The fourth-order valence-electron chi connectivity index (χ4n) is 3.36. The van der Waals surface area contributed by atoms with Gasteiger partial charge in [-0.25, -0.2) is 0 Å². The van der Waals surface area contributed by atoms with E-state index in [1.54, 1.807) is 4.90 Å². The van der Waals surface area contributed by atoms with Crippen LogP contribution in [0.1, 0.15) is 35.0 Å². The molecule has 0 bridgehead atoms. The number of piperidine rings is 1. The highest BCUT2D eigenvalue weighted by atomic mass is 32.1. The van der Waals surface area contributed by atoms with E-state index < -0.39 is 0 Å². The predicted molar refractivity (Wildman–Crippen MR) is 110 cm³/mol. The fourth-order valence-corrected chi connectivity index (χ4v) is 4.05. The lowest BCUT2D eigenvalue weighted by Crippen LogP contribution is -2.44. The molecule has 0 radical (unpaired) electrons. The molecule has 148 valence electrons. The Morgan fingerprint density at radius 1 is 1.11 bits per heavy atom. The summed E-state index contributed by atoms with van der Waals surface area (Å²) in [5.41, 5.74) is 1.84. The first-order valence-electron chi connectivity index (χ1n) is 9.56. The van der Waals surface area contributed by atoms with Gasteiger partial charge in [0.2, 0.25) is 11.8 Å². The molecule has 0 spiro atoms. The molecule has 7 heteroatoms. The van der Waals surface area contributed by atoms with Crippen LogP contribution in [0, 0.1) is 5.92 Å². The van der Waals surface area contributed by atoms with Gasteiger partial charge in [-0.05, 0) is 42.3 Å². The number of hydrogen-bond donors (Lipinski definition) is 2. The molecule has 1 aliphatic heterocycles. The van der Waals surface area contributed by atoms with Gasteiger partial charge in [0, 0.05) is 24.7 Å². The molecule has 0 unspecified atom stereocenters. The van der Waals surface area contributed by atoms with Crippen molar-refractivity contribution in [1.82, 2.24) is 10.2 Å². The van der Waals surface area contributed by atoms with Crippen LogP contribution in [0.2, 0.25) is 0 Å². The molecule has 0 atom stereocenters. The van der Waals surface area contributed by atoms with E-state index in [1.165, 1.54) is 11.3 Å². The maximum atomic E-state index is 12.4. The Morgan fingerprint density at radius 2 is 1.86 bits per heavy atom. The summed E-state index contributed by atoms with van der Waals surface area (Å²) in [5.74, 6) is -0.493. The Balaban J connectivity index is 1.43. The van der Waals surface area contributed by atoms with E-state index in [0.29, 0.717) is 25.9 Å². The van der Waals surface area contributed by atoms with E-state index in [-0.39, 0.29) is 30.2 Å². The van der Waals surface area contributed by atoms with Crippen molar-refractivity contribution in [2.24, 2.45) is 5.92 Å². The number of carbonyl (C=O) groups is 3. The molecule has 3 rings (SSSR count). The number of likely N-dealkylation sites (tertiary alicyclic amines) is 1. The first kappa shape index (κ1) is 20.1. The molecule has 1 aromatic heterocycles. The molecule has 2 aromatic rings. The van der Waals surface area contributed by atoms with Gasteiger partial charge in [-0.2, -0.15) is 0 Å². The third-order valence-electron chi connectivity index (χ3n) is 4.98. The molecule has 0 saturated carbocycles. The fraction of sp³-hybridized carbons (Fsp3) is 0.381. The number of benzene rings is 1. The average Bonchev–Trinajstić information content (AvgIpc) is 3.27. The van der Waals surface area contributed by atoms with E-state index in [9.17, 15) is 14.4 Å². The Morgan fingerprint density at radius 3 is 2.54 bits per heavy atom. The van der Waals surface area contributed by atoms with Gasteiger partial charge in [0.05, 0.1) is 11.4 Å². The van der Waals surface area contributed by atoms with Crippen LogP contribution in [0.5, 0.6) is 0 Å². The molecule has 1 aromatic carbocycles. The van der Waals surface area contributed by atoms with E-state index in [1.807, 2.05) is 48.7 Å². The summed E-state index contributed by atoms with van der Waals surface area (Å²) in [6, 6.07) is 11.3. The van der Waals surface area contributed by atoms with E-state index >= 15 is 0 Å². The number of amides is 3. The van der Waals surface area contributed by atoms with Crippen molar-refractivity contribution < 1.29 is 14.4 Å². The van der Waals surface area contributed by atoms with Crippen molar-refractivity contribution in [2.45, 2.75) is 26.2 Å². The molecule has 2 heterocycles. The smallest absolute Gasteiger partial charge is 0.263 e. The van der Waals surface area contributed by atoms with E-state index in [2.05, 4.69) is 10.6 Å². The second-order valence-electron chi connectivity index (χ2n) is 6.82. The lowest BCUT2D eigenvalue weighted by molar-refractivity contribution is -0.128. The molecule has 1 aliphatic rings. The lowest BCUT2D eigenvalue weighted by atomic mass is 9.96. The minimum atomic E-state index is -0.237. The summed E-state index contributed by atoms with van der Waals surface area (Å²) < 4.78 is 0. The van der Waals surface area contributed by atoms with Gasteiger partial charge in [0.1, 0.15) is 0 Å². The highest BCUT2D eigenvalue weighted by Gasteiger charge is 2.28. The van der Waals surface area contributed by atoms with Gasteiger partial charge in [-0.3, -0.25) is 14.4 Å². The number of thiophene rings is 1.